The lowest BCUT2D eigenvalue weighted by atomic mass is 10.1. The number of primary amides is 1. The van der Waals surface area contributed by atoms with E-state index in [1.807, 2.05) is 0 Å². The molecule has 16 heavy (non-hydrogen) atoms. The fourth-order valence-corrected chi connectivity index (χ4v) is 1.80. The standard InChI is InChI=1S/C10H19N3O3/c1-16-5-3-8(11)10(15)13-4-2-7(6-13)9(12)14/h7-8H,2-6,11H2,1H3,(H2,12,14). The minimum absolute atomic E-state index is 0.124. The van der Waals surface area contributed by atoms with Gasteiger partial charge in [-0.2, -0.15) is 0 Å². The number of amides is 2. The molecule has 92 valence electrons. The second-order valence-electron chi connectivity index (χ2n) is 4.06. The molecule has 0 radical (unpaired) electrons. The van der Waals surface area contributed by atoms with Gasteiger partial charge in [-0.15, -0.1) is 0 Å². The van der Waals surface area contributed by atoms with Gasteiger partial charge < -0.3 is 21.1 Å². The molecule has 0 aliphatic carbocycles. The number of nitrogens with zero attached hydrogens (tertiary/aromatic N) is 1. The topological polar surface area (TPSA) is 98.7 Å². The number of hydrogen-bond donors (Lipinski definition) is 2. The van der Waals surface area contributed by atoms with Crippen molar-refractivity contribution in [2.75, 3.05) is 26.8 Å². The monoisotopic (exact) mass is 229 g/mol. The molecule has 6 nitrogen and oxygen atoms in total. The van der Waals surface area contributed by atoms with E-state index in [-0.39, 0.29) is 17.7 Å². The van der Waals surface area contributed by atoms with Gasteiger partial charge in [-0.3, -0.25) is 9.59 Å². The summed E-state index contributed by atoms with van der Waals surface area (Å²) in [5.41, 5.74) is 10.9. The fraction of sp³-hybridized carbons (Fsp3) is 0.800. The Bertz CT molecular complexity index is 270. The predicted molar refractivity (Wildman–Crippen MR) is 58.3 cm³/mol. The summed E-state index contributed by atoms with van der Waals surface area (Å²) in [5.74, 6) is -0.694. The van der Waals surface area contributed by atoms with Crippen LogP contribution in [0.2, 0.25) is 0 Å². The summed E-state index contributed by atoms with van der Waals surface area (Å²) >= 11 is 0. The summed E-state index contributed by atoms with van der Waals surface area (Å²) in [6.07, 6.45) is 1.13. The van der Waals surface area contributed by atoms with Gasteiger partial charge in [0.2, 0.25) is 11.8 Å². The lowest BCUT2D eigenvalue weighted by molar-refractivity contribution is -0.132. The van der Waals surface area contributed by atoms with E-state index in [0.29, 0.717) is 32.5 Å². The third-order valence-electron chi connectivity index (χ3n) is 2.85. The van der Waals surface area contributed by atoms with Gasteiger partial charge >= 0.3 is 0 Å². The molecule has 1 aliphatic heterocycles. The van der Waals surface area contributed by atoms with E-state index in [2.05, 4.69) is 0 Å². The highest BCUT2D eigenvalue weighted by molar-refractivity contribution is 5.84. The molecule has 0 bridgehead atoms. The van der Waals surface area contributed by atoms with E-state index >= 15 is 0 Å². The average molecular weight is 229 g/mol. The highest BCUT2D eigenvalue weighted by Gasteiger charge is 2.31. The van der Waals surface area contributed by atoms with Crippen molar-refractivity contribution in [2.45, 2.75) is 18.9 Å². The van der Waals surface area contributed by atoms with Gasteiger partial charge in [-0.05, 0) is 12.8 Å². The molecule has 2 unspecified atom stereocenters. The summed E-state index contributed by atoms with van der Waals surface area (Å²) in [7, 11) is 1.57. The van der Waals surface area contributed by atoms with Crippen molar-refractivity contribution >= 4 is 11.8 Å². The van der Waals surface area contributed by atoms with Crippen molar-refractivity contribution in [3.8, 4) is 0 Å². The van der Waals surface area contributed by atoms with Crippen LogP contribution in [-0.4, -0.2) is 49.6 Å². The Balaban J connectivity index is 2.41. The Hall–Kier alpha value is -1.14. The second kappa shape index (κ2) is 5.81. The summed E-state index contributed by atoms with van der Waals surface area (Å²) in [5, 5.41) is 0. The molecule has 0 aromatic carbocycles. The Kier molecular flexibility index (Phi) is 4.70. The smallest absolute Gasteiger partial charge is 0.239 e. The third-order valence-corrected chi connectivity index (χ3v) is 2.85. The van der Waals surface area contributed by atoms with Gasteiger partial charge in [0.1, 0.15) is 0 Å². The molecule has 0 aromatic heterocycles. The maximum Gasteiger partial charge on any atom is 0.239 e. The maximum absolute atomic E-state index is 11.8. The van der Waals surface area contributed by atoms with Crippen LogP contribution in [0.5, 0.6) is 0 Å². The van der Waals surface area contributed by atoms with E-state index in [1.54, 1.807) is 12.0 Å². The quantitative estimate of drug-likeness (QED) is 0.611. The lowest BCUT2D eigenvalue weighted by Gasteiger charge is -2.20. The molecule has 2 atom stereocenters. The summed E-state index contributed by atoms with van der Waals surface area (Å²) in [6.45, 7) is 1.42. The first-order chi connectivity index (χ1) is 7.56. The molecule has 1 fully saturated rings. The van der Waals surface area contributed by atoms with E-state index in [0.717, 1.165) is 0 Å². The molecule has 0 spiro atoms. The molecular formula is C10H19N3O3. The minimum Gasteiger partial charge on any atom is -0.385 e. The van der Waals surface area contributed by atoms with Crippen LogP contribution in [0, 0.1) is 5.92 Å². The molecule has 1 aliphatic rings. The fourth-order valence-electron chi connectivity index (χ4n) is 1.80. The van der Waals surface area contributed by atoms with Gasteiger partial charge in [-0.25, -0.2) is 0 Å². The zero-order chi connectivity index (χ0) is 12.1. The van der Waals surface area contributed by atoms with Gasteiger partial charge in [0.15, 0.2) is 0 Å². The van der Waals surface area contributed by atoms with Gasteiger partial charge in [-0.1, -0.05) is 0 Å². The number of carbonyl (C=O) groups is 2. The van der Waals surface area contributed by atoms with E-state index in [1.165, 1.54) is 0 Å². The molecule has 1 heterocycles. The van der Waals surface area contributed by atoms with Crippen LogP contribution in [0.25, 0.3) is 0 Å². The highest BCUT2D eigenvalue weighted by Crippen LogP contribution is 2.16. The zero-order valence-electron chi connectivity index (χ0n) is 9.52. The molecule has 0 aromatic rings. The Labute approximate surface area is 94.9 Å². The summed E-state index contributed by atoms with van der Waals surface area (Å²) in [4.78, 5) is 24.4. The highest BCUT2D eigenvalue weighted by atomic mass is 16.5. The van der Waals surface area contributed by atoms with Crippen molar-refractivity contribution in [2.24, 2.45) is 17.4 Å². The summed E-state index contributed by atoms with van der Waals surface area (Å²) in [6, 6.07) is -0.549. The van der Waals surface area contributed by atoms with Crippen molar-refractivity contribution < 1.29 is 14.3 Å². The molecular weight excluding hydrogens is 210 g/mol. The van der Waals surface area contributed by atoms with Gasteiger partial charge in [0.25, 0.3) is 0 Å². The predicted octanol–water partition coefficient (Wildman–Crippen LogP) is -1.32. The summed E-state index contributed by atoms with van der Waals surface area (Å²) < 4.78 is 4.86. The van der Waals surface area contributed by atoms with Crippen LogP contribution in [0.4, 0.5) is 0 Å². The molecule has 1 saturated heterocycles. The maximum atomic E-state index is 11.8. The largest absolute Gasteiger partial charge is 0.385 e. The minimum atomic E-state index is -0.549. The zero-order valence-corrected chi connectivity index (χ0v) is 9.52. The average Bonchev–Trinajstić information content (AvgIpc) is 2.74. The van der Waals surface area contributed by atoms with Gasteiger partial charge in [0.05, 0.1) is 12.0 Å². The first-order valence-electron chi connectivity index (χ1n) is 5.39. The Morgan fingerprint density at radius 3 is 2.75 bits per heavy atom. The van der Waals surface area contributed by atoms with E-state index in [9.17, 15) is 9.59 Å². The van der Waals surface area contributed by atoms with Crippen LogP contribution < -0.4 is 11.5 Å². The van der Waals surface area contributed by atoms with Crippen LogP contribution in [0.3, 0.4) is 0 Å². The third kappa shape index (κ3) is 3.18. The number of rotatable bonds is 5. The van der Waals surface area contributed by atoms with Crippen molar-refractivity contribution in [3.63, 3.8) is 0 Å². The number of hydrogen-bond acceptors (Lipinski definition) is 4. The van der Waals surface area contributed by atoms with Crippen LogP contribution in [0.15, 0.2) is 0 Å². The number of carbonyl (C=O) groups excluding carboxylic acids is 2. The van der Waals surface area contributed by atoms with Gasteiger partial charge in [0, 0.05) is 26.8 Å². The van der Waals surface area contributed by atoms with Crippen LogP contribution in [0.1, 0.15) is 12.8 Å². The SMILES string of the molecule is COCCC(N)C(=O)N1CCC(C(N)=O)C1. The Morgan fingerprint density at radius 2 is 2.25 bits per heavy atom. The molecule has 1 rings (SSSR count). The first kappa shape index (κ1) is 12.9. The van der Waals surface area contributed by atoms with E-state index in [4.69, 9.17) is 16.2 Å². The molecule has 6 heteroatoms. The molecule has 0 saturated carbocycles. The van der Waals surface area contributed by atoms with Crippen LogP contribution >= 0.6 is 0 Å². The number of ether oxygens (including phenoxy) is 1. The van der Waals surface area contributed by atoms with Crippen molar-refractivity contribution in [1.29, 1.82) is 0 Å². The lowest BCUT2D eigenvalue weighted by Crippen LogP contribution is -2.43. The first-order valence-corrected chi connectivity index (χ1v) is 5.39. The normalized spacial score (nSPS) is 22.1. The Morgan fingerprint density at radius 1 is 1.56 bits per heavy atom. The number of methoxy groups -OCH3 is 1. The van der Waals surface area contributed by atoms with Crippen molar-refractivity contribution in [1.82, 2.24) is 4.90 Å². The molecule has 2 amide bonds. The second-order valence-corrected chi connectivity index (χ2v) is 4.06. The van der Waals surface area contributed by atoms with Crippen molar-refractivity contribution in [3.05, 3.63) is 0 Å². The number of nitrogens with two attached hydrogens (primary N) is 2. The molecule has 4 N–H and O–H groups in total. The number of likely N-dealkylation sites (tertiary alicyclic amines) is 1. The van der Waals surface area contributed by atoms with E-state index < -0.39 is 6.04 Å². The van der Waals surface area contributed by atoms with Crippen LogP contribution in [-0.2, 0) is 14.3 Å².